The number of hydrogen-bond acceptors (Lipinski definition) is 3. The summed E-state index contributed by atoms with van der Waals surface area (Å²) < 4.78 is 5.12. The fraction of sp³-hybridized carbons (Fsp3) is 0.538. The second-order valence-electron chi connectivity index (χ2n) is 4.48. The van der Waals surface area contributed by atoms with Crippen LogP contribution in [0.15, 0.2) is 18.2 Å². The lowest BCUT2D eigenvalue weighted by Gasteiger charge is -2.33. The number of ether oxygens (including phenoxy) is 1. The van der Waals surface area contributed by atoms with E-state index in [-0.39, 0.29) is 5.75 Å². The molecule has 1 aliphatic rings. The lowest BCUT2D eigenvalue weighted by molar-refractivity contribution is -0.00269. The molecule has 0 saturated heterocycles. The van der Waals surface area contributed by atoms with Gasteiger partial charge in [0.05, 0.1) is 12.7 Å². The van der Waals surface area contributed by atoms with Crippen LogP contribution in [0.1, 0.15) is 37.7 Å². The fourth-order valence-corrected chi connectivity index (χ4v) is 2.42. The first-order valence-electron chi connectivity index (χ1n) is 5.75. The van der Waals surface area contributed by atoms with Crippen LogP contribution in [0.3, 0.4) is 0 Å². The molecule has 0 unspecified atom stereocenters. The van der Waals surface area contributed by atoms with Crippen molar-refractivity contribution in [3.8, 4) is 11.5 Å². The number of phenolic OH excluding ortho intramolecular Hbond substituents is 1. The Bertz CT molecular complexity index is 367. The van der Waals surface area contributed by atoms with Gasteiger partial charge in [-0.3, -0.25) is 0 Å². The highest BCUT2D eigenvalue weighted by atomic mass is 16.5. The summed E-state index contributed by atoms with van der Waals surface area (Å²) in [5.74, 6) is 0.831. The minimum atomic E-state index is -0.878. The quantitative estimate of drug-likeness (QED) is 0.808. The van der Waals surface area contributed by atoms with Gasteiger partial charge in [-0.05, 0) is 31.0 Å². The summed E-state index contributed by atoms with van der Waals surface area (Å²) in [7, 11) is 1.58. The van der Waals surface area contributed by atoms with E-state index in [2.05, 4.69) is 0 Å². The molecule has 3 nitrogen and oxygen atoms in total. The molecule has 0 atom stereocenters. The molecule has 0 heterocycles. The zero-order valence-corrected chi connectivity index (χ0v) is 9.57. The average Bonchev–Trinajstić information content (AvgIpc) is 2.30. The number of hydrogen-bond donors (Lipinski definition) is 2. The molecule has 0 aliphatic heterocycles. The summed E-state index contributed by atoms with van der Waals surface area (Å²) in [5.41, 5.74) is -0.275. The molecule has 0 spiro atoms. The molecular formula is C13H18O3. The molecule has 1 fully saturated rings. The van der Waals surface area contributed by atoms with Gasteiger partial charge in [0.2, 0.25) is 0 Å². The van der Waals surface area contributed by atoms with Crippen molar-refractivity contribution in [3.05, 3.63) is 23.8 Å². The zero-order valence-electron chi connectivity index (χ0n) is 9.57. The van der Waals surface area contributed by atoms with Crippen LogP contribution in [0.25, 0.3) is 0 Å². The number of phenols is 1. The minimum absolute atomic E-state index is 0.158. The lowest BCUT2D eigenvalue weighted by Crippen LogP contribution is -2.28. The topological polar surface area (TPSA) is 49.7 Å². The van der Waals surface area contributed by atoms with E-state index in [0.717, 1.165) is 19.3 Å². The Kier molecular flexibility index (Phi) is 3.06. The Morgan fingerprint density at radius 3 is 2.50 bits per heavy atom. The van der Waals surface area contributed by atoms with Crippen LogP contribution < -0.4 is 4.74 Å². The van der Waals surface area contributed by atoms with Gasteiger partial charge in [0.25, 0.3) is 0 Å². The van der Waals surface area contributed by atoms with Crippen molar-refractivity contribution in [2.75, 3.05) is 7.11 Å². The summed E-state index contributed by atoms with van der Waals surface area (Å²) in [6, 6.07) is 5.02. The Hall–Kier alpha value is -1.22. The number of aromatic hydroxyl groups is 1. The van der Waals surface area contributed by atoms with Crippen molar-refractivity contribution in [3.63, 3.8) is 0 Å². The summed E-state index contributed by atoms with van der Waals surface area (Å²) in [6.45, 7) is 0. The van der Waals surface area contributed by atoms with Gasteiger partial charge in [-0.15, -0.1) is 0 Å². The van der Waals surface area contributed by atoms with E-state index in [9.17, 15) is 10.2 Å². The molecule has 2 rings (SSSR count). The standard InChI is InChI=1S/C13H18O3/c1-16-10-5-6-12(14)11(9-10)13(15)7-3-2-4-8-13/h5-6,9,14-15H,2-4,7-8H2,1H3. The highest BCUT2D eigenvalue weighted by molar-refractivity contribution is 5.43. The highest BCUT2D eigenvalue weighted by Crippen LogP contribution is 2.41. The maximum absolute atomic E-state index is 10.5. The molecule has 16 heavy (non-hydrogen) atoms. The molecule has 0 radical (unpaired) electrons. The van der Waals surface area contributed by atoms with Crippen LogP contribution in [0.4, 0.5) is 0 Å². The van der Waals surface area contributed by atoms with E-state index in [0.29, 0.717) is 24.2 Å². The van der Waals surface area contributed by atoms with Gasteiger partial charge in [0.15, 0.2) is 0 Å². The second kappa shape index (κ2) is 4.34. The van der Waals surface area contributed by atoms with Gasteiger partial charge < -0.3 is 14.9 Å². The number of methoxy groups -OCH3 is 1. The zero-order chi connectivity index (χ0) is 11.6. The first kappa shape index (κ1) is 11.3. The fourth-order valence-electron chi connectivity index (χ4n) is 2.42. The Morgan fingerprint density at radius 2 is 1.88 bits per heavy atom. The van der Waals surface area contributed by atoms with Crippen molar-refractivity contribution in [1.29, 1.82) is 0 Å². The maximum atomic E-state index is 10.5. The molecule has 1 aromatic carbocycles. The van der Waals surface area contributed by atoms with Crippen molar-refractivity contribution in [2.45, 2.75) is 37.7 Å². The van der Waals surface area contributed by atoms with Gasteiger partial charge in [-0.2, -0.15) is 0 Å². The smallest absolute Gasteiger partial charge is 0.121 e. The third kappa shape index (κ3) is 2.00. The molecule has 1 saturated carbocycles. The predicted octanol–water partition coefficient (Wildman–Crippen LogP) is 2.55. The molecule has 3 heteroatoms. The van der Waals surface area contributed by atoms with Crippen LogP contribution in [-0.4, -0.2) is 17.3 Å². The lowest BCUT2D eigenvalue weighted by atomic mass is 9.79. The Morgan fingerprint density at radius 1 is 1.19 bits per heavy atom. The molecule has 1 aromatic rings. The van der Waals surface area contributed by atoms with Gasteiger partial charge in [-0.1, -0.05) is 19.3 Å². The summed E-state index contributed by atoms with van der Waals surface area (Å²) in [4.78, 5) is 0. The second-order valence-corrected chi connectivity index (χ2v) is 4.48. The maximum Gasteiger partial charge on any atom is 0.121 e. The van der Waals surface area contributed by atoms with Crippen molar-refractivity contribution in [1.82, 2.24) is 0 Å². The van der Waals surface area contributed by atoms with E-state index >= 15 is 0 Å². The van der Waals surface area contributed by atoms with E-state index < -0.39 is 5.60 Å². The third-order valence-electron chi connectivity index (χ3n) is 3.39. The first-order chi connectivity index (χ1) is 7.65. The van der Waals surface area contributed by atoms with Gasteiger partial charge in [0.1, 0.15) is 11.5 Å². The summed E-state index contributed by atoms with van der Waals surface area (Å²) >= 11 is 0. The molecule has 1 aliphatic carbocycles. The average molecular weight is 222 g/mol. The van der Waals surface area contributed by atoms with Crippen LogP contribution in [0.5, 0.6) is 11.5 Å². The third-order valence-corrected chi connectivity index (χ3v) is 3.39. The highest BCUT2D eigenvalue weighted by Gasteiger charge is 2.33. The monoisotopic (exact) mass is 222 g/mol. The van der Waals surface area contributed by atoms with E-state index in [1.54, 1.807) is 25.3 Å². The Labute approximate surface area is 95.7 Å². The minimum Gasteiger partial charge on any atom is -0.508 e. The SMILES string of the molecule is COc1ccc(O)c(C2(O)CCCCC2)c1. The molecule has 88 valence electrons. The van der Waals surface area contributed by atoms with Crippen LogP contribution in [-0.2, 0) is 5.60 Å². The normalized spacial score (nSPS) is 19.4. The van der Waals surface area contributed by atoms with Crippen molar-refractivity contribution < 1.29 is 14.9 Å². The summed E-state index contributed by atoms with van der Waals surface area (Å²) in [5, 5.41) is 20.4. The molecule has 0 aromatic heterocycles. The van der Waals surface area contributed by atoms with Crippen molar-refractivity contribution in [2.24, 2.45) is 0 Å². The van der Waals surface area contributed by atoms with Crippen LogP contribution in [0, 0.1) is 0 Å². The van der Waals surface area contributed by atoms with Gasteiger partial charge in [-0.25, -0.2) is 0 Å². The number of aliphatic hydroxyl groups is 1. The van der Waals surface area contributed by atoms with Gasteiger partial charge >= 0.3 is 0 Å². The van der Waals surface area contributed by atoms with Crippen LogP contribution in [0.2, 0.25) is 0 Å². The van der Waals surface area contributed by atoms with Gasteiger partial charge in [0, 0.05) is 5.56 Å². The van der Waals surface area contributed by atoms with E-state index in [1.807, 2.05) is 0 Å². The molecule has 0 amide bonds. The van der Waals surface area contributed by atoms with Crippen molar-refractivity contribution >= 4 is 0 Å². The van der Waals surface area contributed by atoms with E-state index in [4.69, 9.17) is 4.74 Å². The number of rotatable bonds is 2. The van der Waals surface area contributed by atoms with Crippen LogP contribution >= 0.6 is 0 Å². The predicted molar refractivity (Wildman–Crippen MR) is 61.6 cm³/mol. The number of benzene rings is 1. The first-order valence-corrected chi connectivity index (χ1v) is 5.75. The largest absolute Gasteiger partial charge is 0.508 e. The molecule has 0 bridgehead atoms. The molecule has 2 N–H and O–H groups in total. The Balaban J connectivity index is 2.37. The van der Waals surface area contributed by atoms with E-state index in [1.165, 1.54) is 0 Å². The molecular weight excluding hydrogens is 204 g/mol. The summed E-state index contributed by atoms with van der Waals surface area (Å²) in [6.07, 6.45) is 4.61.